The molecule has 0 bridgehead atoms. The van der Waals surface area contributed by atoms with Crippen molar-refractivity contribution in [3.05, 3.63) is 17.6 Å². The van der Waals surface area contributed by atoms with Gasteiger partial charge in [-0.1, -0.05) is 6.92 Å². The standard InChI is InChI=1S/C14H24N4O/c1-4-13-9-14(17-12(3)16-13)15-11(2)10-18-5-7-19-8-6-18/h9,11H,4-8,10H2,1-3H3,(H,15,16,17). The molecule has 1 atom stereocenters. The van der Waals surface area contributed by atoms with Crippen molar-refractivity contribution in [3.63, 3.8) is 0 Å². The average Bonchev–Trinajstić information content (AvgIpc) is 2.38. The lowest BCUT2D eigenvalue weighted by Crippen LogP contribution is -2.42. The zero-order chi connectivity index (χ0) is 13.7. The van der Waals surface area contributed by atoms with E-state index in [1.807, 2.05) is 13.0 Å². The predicted molar refractivity (Wildman–Crippen MR) is 76.5 cm³/mol. The van der Waals surface area contributed by atoms with Crippen molar-refractivity contribution < 1.29 is 4.74 Å². The van der Waals surface area contributed by atoms with Gasteiger partial charge in [0.15, 0.2) is 0 Å². The first-order chi connectivity index (χ1) is 9.17. The third-order valence-electron chi connectivity index (χ3n) is 3.28. The summed E-state index contributed by atoms with van der Waals surface area (Å²) in [4.78, 5) is 11.3. The summed E-state index contributed by atoms with van der Waals surface area (Å²) in [5.41, 5.74) is 1.09. The lowest BCUT2D eigenvalue weighted by molar-refractivity contribution is 0.0368. The van der Waals surface area contributed by atoms with Crippen LogP contribution in [-0.4, -0.2) is 53.8 Å². The molecule has 106 valence electrons. The van der Waals surface area contributed by atoms with Gasteiger partial charge in [-0.2, -0.15) is 0 Å². The van der Waals surface area contributed by atoms with Crippen LogP contribution >= 0.6 is 0 Å². The fourth-order valence-corrected chi connectivity index (χ4v) is 2.35. The number of rotatable bonds is 5. The normalized spacial score (nSPS) is 18.3. The Morgan fingerprint density at radius 3 is 2.79 bits per heavy atom. The summed E-state index contributed by atoms with van der Waals surface area (Å²) in [6.07, 6.45) is 0.940. The molecule has 1 aliphatic rings. The smallest absolute Gasteiger partial charge is 0.130 e. The van der Waals surface area contributed by atoms with Gasteiger partial charge in [-0.25, -0.2) is 9.97 Å². The lowest BCUT2D eigenvalue weighted by atomic mass is 10.2. The second-order valence-electron chi connectivity index (χ2n) is 5.10. The van der Waals surface area contributed by atoms with E-state index in [9.17, 15) is 0 Å². The Kier molecular flexibility index (Phi) is 5.10. The summed E-state index contributed by atoms with van der Waals surface area (Å²) >= 11 is 0. The van der Waals surface area contributed by atoms with E-state index in [4.69, 9.17) is 4.74 Å². The molecule has 2 heterocycles. The third kappa shape index (κ3) is 4.44. The number of morpholine rings is 1. The van der Waals surface area contributed by atoms with Gasteiger partial charge in [0.1, 0.15) is 11.6 Å². The fourth-order valence-electron chi connectivity index (χ4n) is 2.35. The summed E-state index contributed by atoms with van der Waals surface area (Å²) in [5, 5.41) is 3.47. The molecule has 1 fully saturated rings. The Hall–Kier alpha value is -1.20. The third-order valence-corrected chi connectivity index (χ3v) is 3.28. The highest BCUT2D eigenvalue weighted by Crippen LogP contribution is 2.09. The summed E-state index contributed by atoms with van der Waals surface area (Å²) in [6, 6.07) is 2.42. The molecule has 2 rings (SSSR count). The molecule has 1 saturated heterocycles. The van der Waals surface area contributed by atoms with Gasteiger partial charge in [-0.15, -0.1) is 0 Å². The van der Waals surface area contributed by atoms with E-state index in [1.165, 1.54) is 0 Å². The average molecular weight is 264 g/mol. The van der Waals surface area contributed by atoms with Gasteiger partial charge in [-0.3, -0.25) is 4.90 Å². The van der Waals surface area contributed by atoms with Crippen LogP contribution < -0.4 is 5.32 Å². The molecule has 0 aliphatic carbocycles. The van der Waals surface area contributed by atoms with Crippen molar-refractivity contribution in [2.75, 3.05) is 38.2 Å². The van der Waals surface area contributed by atoms with Gasteiger partial charge in [0.25, 0.3) is 0 Å². The minimum Gasteiger partial charge on any atom is -0.379 e. The first-order valence-electron chi connectivity index (χ1n) is 7.08. The minimum absolute atomic E-state index is 0.372. The Bertz CT molecular complexity index is 404. The van der Waals surface area contributed by atoms with Gasteiger partial charge in [0, 0.05) is 37.4 Å². The molecule has 5 nitrogen and oxygen atoms in total. The molecule has 0 spiro atoms. The lowest BCUT2D eigenvalue weighted by Gasteiger charge is -2.29. The van der Waals surface area contributed by atoms with Crippen LogP contribution in [-0.2, 0) is 11.2 Å². The number of ether oxygens (including phenoxy) is 1. The minimum atomic E-state index is 0.372. The summed E-state index contributed by atoms with van der Waals surface area (Å²) < 4.78 is 5.36. The summed E-state index contributed by atoms with van der Waals surface area (Å²) in [5.74, 6) is 1.77. The van der Waals surface area contributed by atoms with E-state index in [-0.39, 0.29) is 0 Å². The van der Waals surface area contributed by atoms with Crippen LogP contribution in [0.15, 0.2) is 6.07 Å². The second kappa shape index (κ2) is 6.82. The molecule has 1 aliphatic heterocycles. The molecule has 5 heteroatoms. The van der Waals surface area contributed by atoms with Crippen LogP contribution in [0.1, 0.15) is 25.4 Å². The van der Waals surface area contributed by atoms with Gasteiger partial charge in [-0.05, 0) is 20.3 Å². The van der Waals surface area contributed by atoms with E-state index in [0.717, 1.165) is 56.6 Å². The quantitative estimate of drug-likeness (QED) is 0.873. The Morgan fingerprint density at radius 2 is 2.11 bits per heavy atom. The second-order valence-corrected chi connectivity index (χ2v) is 5.10. The van der Waals surface area contributed by atoms with E-state index in [1.54, 1.807) is 0 Å². The number of anilines is 1. The molecule has 1 aromatic heterocycles. The molecular weight excluding hydrogens is 240 g/mol. The SMILES string of the molecule is CCc1cc(NC(C)CN2CCOCC2)nc(C)n1. The molecule has 0 radical (unpaired) electrons. The molecule has 0 saturated carbocycles. The van der Waals surface area contributed by atoms with Crippen molar-refractivity contribution >= 4 is 5.82 Å². The number of hydrogen-bond acceptors (Lipinski definition) is 5. The summed E-state index contributed by atoms with van der Waals surface area (Å²) in [7, 11) is 0. The zero-order valence-corrected chi connectivity index (χ0v) is 12.1. The van der Waals surface area contributed by atoms with Crippen LogP contribution in [0.5, 0.6) is 0 Å². The van der Waals surface area contributed by atoms with Gasteiger partial charge < -0.3 is 10.1 Å². The van der Waals surface area contributed by atoms with Crippen molar-refractivity contribution in [2.24, 2.45) is 0 Å². The highest BCUT2D eigenvalue weighted by Gasteiger charge is 2.14. The maximum atomic E-state index is 5.36. The number of aryl methyl sites for hydroxylation is 2. The fraction of sp³-hybridized carbons (Fsp3) is 0.714. The monoisotopic (exact) mass is 264 g/mol. The zero-order valence-electron chi connectivity index (χ0n) is 12.1. The number of nitrogens with zero attached hydrogens (tertiary/aromatic N) is 3. The van der Waals surface area contributed by atoms with Gasteiger partial charge in [0.05, 0.1) is 13.2 Å². The molecule has 0 aromatic carbocycles. The topological polar surface area (TPSA) is 50.3 Å². The highest BCUT2D eigenvalue weighted by molar-refractivity contribution is 5.37. The Labute approximate surface area is 115 Å². The summed E-state index contributed by atoms with van der Waals surface area (Å²) in [6.45, 7) is 11.0. The van der Waals surface area contributed by atoms with Crippen molar-refractivity contribution in [3.8, 4) is 0 Å². The van der Waals surface area contributed by atoms with E-state index in [2.05, 4.69) is 34.0 Å². The van der Waals surface area contributed by atoms with Crippen molar-refractivity contribution in [2.45, 2.75) is 33.2 Å². The van der Waals surface area contributed by atoms with Crippen LogP contribution in [0.3, 0.4) is 0 Å². The molecule has 1 aromatic rings. The first-order valence-corrected chi connectivity index (χ1v) is 7.08. The van der Waals surface area contributed by atoms with Gasteiger partial charge in [0.2, 0.25) is 0 Å². The number of nitrogens with one attached hydrogen (secondary N) is 1. The van der Waals surface area contributed by atoms with E-state index in [0.29, 0.717) is 6.04 Å². The molecule has 1 N–H and O–H groups in total. The maximum absolute atomic E-state index is 5.36. The number of hydrogen-bond donors (Lipinski definition) is 1. The largest absolute Gasteiger partial charge is 0.379 e. The molecule has 19 heavy (non-hydrogen) atoms. The first kappa shape index (κ1) is 14.2. The molecular formula is C14H24N4O. The predicted octanol–water partition coefficient (Wildman–Crippen LogP) is 1.48. The molecule has 0 amide bonds. The van der Waals surface area contributed by atoms with Crippen molar-refractivity contribution in [1.29, 1.82) is 0 Å². The Morgan fingerprint density at radius 1 is 1.37 bits per heavy atom. The molecule has 1 unspecified atom stereocenters. The van der Waals surface area contributed by atoms with Crippen molar-refractivity contribution in [1.82, 2.24) is 14.9 Å². The maximum Gasteiger partial charge on any atom is 0.130 e. The van der Waals surface area contributed by atoms with Crippen LogP contribution in [0.2, 0.25) is 0 Å². The van der Waals surface area contributed by atoms with E-state index < -0.39 is 0 Å². The van der Waals surface area contributed by atoms with E-state index >= 15 is 0 Å². The van der Waals surface area contributed by atoms with Crippen LogP contribution in [0, 0.1) is 6.92 Å². The van der Waals surface area contributed by atoms with Gasteiger partial charge >= 0.3 is 0 Å². The highest BCUT2D eigenvalue weighted by atomic mass is 16.5. The Balaban J connectivity index is 1.90. The number of aromatic nitrogens is 2. The van der Waals surface area contributed by atoms with Crippen LogP contribution in [0.4, 0.5) is 5.82 Å². The van der Waals surface area contributed by atoms with Crippen LogP contribution in [0.25, 0.3) is 0 Å².